The van der Waals surface area contributed by atoms with Crippen molar-refractivity contribution in [3.05, 3.63) is 0 Å². The van der Waals surface area contributed by atoms with Crippen LogP contribution >= 0.6 is 0 Å². The normalized spacial score (nSPS) is 42.2. The summed E-state index contributed by atoms with van der Waals surface area (Å²) in [5.41, 5.74) is -0.644. The van der Waals surface area contributed by atoms with Gasteiger partial charge in [0.25, 0.3) is 5.92 Å². The van der Waals surface area contributed by atoms with E-state index >= 15 is 0 Å². The van der Waals surface area contributed by atoms with Gasteiger partial charge in [0.05, 0.1) is 0 Å². The van der Waals surface area contributed by atoms with Crippen LogP contribution in [0.3, 0.4) is 0 Å². The van der Waals surface area contributed by atoms with Gasteiger partial charge in [0.2, 0.25) is 0 Å². The molecule has 2 unspecified atom stereocenters. The highest BCUT2D eigenvalue weighted by molar-refractivity contribution is 5.10. The fraction of sp³-hybridized carbons (Fsp3) is 1.00. The number of halogens is 2. The van der Waals surface area contributed by atoms with Crippen LogP contribution in [0.15, 0.2) is 0 Å². The van der Waals surface area contributed by atoms with Crippen molar-refractivity contribution in [1.82, 2.24) is 5.32 Å². The van der Waals surface area contributed by atoms with E-state index in [0.29, 0.717) is 18.9 Å². The van der Waals surface area contributed by atoms with E-state index in [1.807, 2.05) is 6.92 Å². The maximum atomic E-state index is 13.1. The largest absolute Gasteiger partial charge is 0.314 e. The highest BCUT2D eigenvalue weighted by atomic mass is 19.3. The van der Waals surface area contributed by atoms with E-state index in [1.54, 1.807) is 0 Å². The second-order valence-electron chi connectivity index (χ2n) is 4.51. The third-order valence-corrected chi connectivity index (χ3v) is 3.69. The van der Waals surface area contributed by atoms with Crippen molar-refractivity contribution in [3.8, 4) is 0 Å². The number of nitrogens with one attached hydrogen (secondary N) is 1. The maximum Gasteiger partial charge on any atom is 0.254 e. The molecule has 0 spiro atoms. The molecule has 1 aliphatic carbocycles. The minimum atomic E-state index is -2.37. The zero-order chi connectivity index (χ0) is 9.53. The molecule has 0 bridgehead atoms. The van der Waals surface area contributed by atoms with Crippen LogP contribution < -0.4 is 5.32 Å². The molecule has 1 saturated heterocycles. The lowest BCUT2D eigenvalue weighted by Crippen LogP contribution is -2.27. The van der Waals surface area contributed by atoms with Gasteiger partial charge in [0.15, 0.2) is 0 Å². The van der Waals surface area contributed by atoms with Gasteiger partial charge in [-0.1, -0.05) is 6.92 Å². The predicted octanol–water partition coefficient (Wildman–Crippen LogP) is 2.56. The summed E-state index contributed by atoms with van der Waals surface area (Å²) in [6.07, 6.45) is 3.65. The Hall–Kier alpha value is -0.180. The van der Waals surface area contributed by atoms with Crippen LogP contribution in [0.5, 0.6) is 0 Å². The molecule has 0 aromatic rings. The Balaban J connectivity index is 1.92. The van der Waals surface area contributed by atoms with E-state index in [1.165, 1.54) is 0 Å². The Bertz CT molecular complexity index is 199. The van der Waals surface area contributed by atoms with Gasteiger partial charge in [-0.15, -0.1) is 0 Å². The first kappa shape index (κ1) is 9.38. The summed E-state index contributed by atoms with van der Waals surface area (Å²) in [5.74, 6) is -2.37. The Morgan fingerprint density at radius 2 is 2.15 bits per heavy atom. The number of alkyl halides is 2. The highest BCUT2D eigenvalue weighted by Crippen LogP contribution is 2.65. The highest BCUT2D eigenvalue weighted by Gasteiger charge is 2.69. The Labute approximate surface area is 77.9 Å². The molecule has 1 heterocycles. The van der Waals surface area contributed by atoms with E-state index in [2.05, 4.69) is 5.32 Å². The van der Waals surface area contributed by atoms with Gasteiger partial charge >= 0.3 is 0 Å². The molecule has 1 N–H and O–H groups in total. The topological polar surface area (TPSA) is 12.0 Å². The van der Waals surface area contributed by atoms with Gasteiger partial charge in [-0.2, -0.15) is 0 Å². The van der Waals surface area contributed by atoms with Gasteiger partial charge in [-0.3, -0.25) is 0 Å². The molecule has 0 aromatic carbocycles. The zero-order valence-corrected chi connectivity index (χ0v) is 8.08. The van der Waals surface area contributed by atoms with Crippen molar-refractivity contribution in [1.29, 1.82) is 0 Å². The molecule has 76 valence electrons. The maximum absolute atomic E-state index is 13.1. The number of hydrogen-bond donors (Lipinski definition) is 1. The van der Waals surface area contributed by atoms with E-state index in [9.17, 15) is 8.78 Å². The Morgan fingerprint density at radius 1 is 1.46 bits per heavy atom. The van der Waals surface area contributed by atoms with Gasteiger partial charge in [-0.05, 0) is 32.2 Å². The van der Waals surface area contributed by atoms with Crippen LogP contribution in [0.1, 0.15) is 39.0 Å². The summed E-state index contributed by atoms with van der Waals surface area (Å²) in [5, 5.41) is 3.29. The molecular weight excluding hydrogens is 172 g/mol. The van der Waals surface area contributed by atoms with Crippen LogP contribution in [-0.4, -0.2) is 18.5 Å². The molecule has 1 aliphatic heterocycles. The van der Waals surface area contributed by atoms with Gasteiger partial charge in [-0.25, -0.2) is 8.78 Å². The number of hydrogen-bond acceptors (Lipinski definition) is 1. The molecule has 0 aromatic heterocycles. The summed E-state index contributed by atoms with van der Waals surface area (Å²) in [7, 11) is 0. The average Bonchev–Trinajstić information content (AvgIpc) is 2.52. The standard InChI is InChI=1S/C10H17F2N/c1-2-9(7-10(9,11)12)6-8-4-3-5-13-8/h8,13H,2-7H2,1H3. The third kappa shape index (κ3) is 1.47. The molecule has 1 saturated carbocycles. The fourth-order valence-electron chi connectivity index (χ4n) is 2.53. The minimum absolute atomic E-state index is 0.120. The molecule has 0 amide bonds. The van der Waals surface area contributed by atoms with Crippen molar-refractivity contribution >= 4 is 0 Å². The third-order valence-electron chi connectivity index (χ3n) is 3.69. The van der Waals surface area contributed by atoms with Crippen LogP contribution in [0.4, 0.5) is 8.78 Å². The SMILES string of the molecule is CCC1(CC2CCCN2)CC1(F)F. The Kier molecular flexibility index (Phi) is 2.10. The molecule has 1 nitrogen and oxygen atoms in total. The smallest absolute Gasteiger partial charge is 0.254 e. The molecule has 2 rings (SSSR count). The van der Waals surface area contributed by atoms with E-state index in [4.69, 9.17) is 0 Å². The molecule has 0 radical (unpaired) electrons. The van der Waals surface area contributed by atoms with Crippen molar-refractivity contribution < 1.29 is 8.78 Å². The lowest BCUT2D eigenvalue weighted by molar-refractivity contribution is 0.0549. The molecule has 2 atom stereocenters. The van der Waals surface area contributed by atoms with Crippen LogP contribution in [0, 0.1) is 5.41 Å². The second kappa shape index (κ2) is 2.91. The van der Waals surface area contributed by atoms with Gasteiger partial charge in [0, 0.05) is 17.9 Å². The van der Waals surface area contributed by atoms with Crippen LogP contribution in [0.2, 0.25) is 0 Å². The predicted molar refractivity (Wildman–Crippen MR) is 47.9 cm³/mol. The molecule has 2 aliphatic rings. The van der Waals surface area contributed by atoms with Gasteiger partial charge < -0.3 is 5.32 Å². The number of rotatable bonds is 3. The summed E-state index contributed by atoms with van der Waals surface area (Å²) >= 11 is 0. The summed E-state index contributed by atoms with van der Waals surface area (Å²) in [6, 6.07) is 0.355. The van der Waals surface area contributed by atoms with E-state index < -0.39 is 11.3 Å². The van der Waals surface area contributed by atoms with Crippen molar-refractivity contribution in [2.75, 3.05) is 6.54 Å². The molecule has 3 heteroatoms. The van der Waals surface area contributed by atoms with Crippen molar-refractivity contribution in [3.63, 3.8) is 0 Å². The average molecular weight is 189 g/mol. The van der Waals surface area contributed by atoms with Crippen molar-refractivity contribution in [2.45, 2.75) is 51.0 Å². The quantitative estimate of drug-likeness (QED) is 0.719. The van der Waals surface area contributed by atoms with Crippen molar-refractivity contribution in [2.24, 2.45) is 5.41 Å². The summed E-state index contributed by atoms with van der Waals surface area (Å²) in [4.78, 5) is 0. The Morgan fingerprint density at radius 3 is 2.54 bits per heavy atom. The van der Waals surface area contributed by atoms with Gasteiger partial charge in [0.1, 0.15) is 0 Å². The van der Waals surface area contributed by atoms with Crippen LogP contribution in [0.25, 0.3) is 0 Å². The first-order chi connectivity index (χ1) is 6.10. The van der Waals surface area contributed by atoms with E-state index in [0.717, 1.165) is 19.4 Å². The molecule has 2 fully saturated rings. The summed E-state index contributed by atoms with van der Waals surface area (Å²) in [6.45, 7) is 2.89. The first-order valence-corrected chi connectivity index (χ1v) is 5.21. The second-order valence-corrected chi connectivity index (χ2v) is 4.51. The fourth-order valence-corrected chi connectivity index (χ4v) is 2.53. The van der Waals surface area contributed by atoms with Crippen LogP contribution in [-0.2, 0) is 0 Å². The zero-order valence-electron chi connectivity index (χ0n) is 8.08. The minimum Gasteiger partial charge on any atom is -0.314 e. The molecule has 13 heavy (non-hydrogen) atoms. The lowest BCUT2D eigenvalue weighted by atomic mass is 9.93. The molecular formula is C10H17F2N. The lowest BCUT2D eigenvalue weighted by Gasteiger charge is -2.18. The first-order valence-electron chi connectivity index (χ1n) is 5.21. The summed E-state index contributed by atoms with van der Waals surface area (Å²) < 4.78 is 26.2. The monoisotopic (exact) mass is 189 g/mol. The van der Waals surface area contributed by atoms with E-state index in [-0.39, 0.29) is 6.42 Å².